The number of hydrogen-bond acceptors (Lipinski definition) is 4. The average Bonchev–Trinajstić information content (AvgIpc) is 2.58. The summed E-state index contributed by atoms with van der Waals surface area (Å²) in [7, 11) is 1.46. The minimum Gasteiger partial charge on any atom is -0.496 e. The highest BCUT2D eigenvalue weighted by Crippen LogP contribution is 2.26. The number of carbonyl (C=O) groups excluding carboxylic acids is 2. The van der Waals surface area contributed by atoms with E-state index in [0.29, 0.717) is 17.1 Å². The van der Waals surface area contributed by atoms with Crippen molar-refractivity contribution in [3.63, 3.8) is 0 Å². The van der Waals surface area contributed by atoms with Gasteiger partial charge in [-0.15, -0.1) is 0 Å². The number of rotatable bonds is 7. The first kappa shape index (κ1) is 17.7. The first-order chi connectivity index (χ1) is 11.5. The molecule has 0 heterocycles. The highest BCUT2D eigenvalue weighted by atomic mass is 79.9. The van der Waals surface area contributed by atoms with E-state index in [9.17, 15) is 9.59 Å². The van der Waals surface area contributed by atoms with Crippen LogP contribution in [0.2, 0.25) is 0 Å². The molecule has 124 valence electrons. The molecule has 0 saturated carbocycles. The predicted molar refractivity (Wildman–Crippen MR) is 95.2 cm³/mol. The Labute approximate surface area is 148 Å². The van der Waals surface area contributed by atoms with Crippen LogP contribution in [0.15, 0.2) is 53.0 Å². The number of allylic oxidation sites excluding steroid dienone is 1. The molecule has 0 bridgehead atoms. The van der Waals surface area contributed by atoms with Crippen molar-refractivity contribution in [1.82, 2.24) is 0 Å². The Kier molecular flexibility index (Phi) is 6.14. The van der Waals surface area contributed by atoms with Crippen LogP contribution in [-0.4, -0.2) is 25.4 Å². The maximum atomic E-state index is 12.4. The van der Waals surface area contributed by atoms with Gasteiger partial charge in [0.1, 0.15) is 11.5 Å². The zero-order chi connectivity index (χ0) is 17.5. The summed E-state index contributed by atoms with van der Waals surface area (Å²) >= 11 is 3.43. The van der Waals surface area contributed by atoms with E-state index in [2.05, 4.69) is 15.9 Å². The first-order valence-electron chi connectivity index (χ1n) is 7.07. The predicted octanol–water partition coefficient (Wildman–Crippen LogP) is 3.22. The Morgan fingerprint density at radius 2 is 1.96 bits per heavy atom. The molecule has 5 nitrogen and oxygen atoms in total. The number of methoxy groups -OCH3 is 1. The summed E-state index contributed by atoms with van der Waals surface area (Å²) in [5.41, 5.74) is 6.32. The molecule has 0 aliphatic rings. The van der Waals surface area contributed by atoms with Gasteiger partial charge in [0.15, 0.2) is 12.4 Å². The van der Waals surface area contributed by atoms with Crippen molar-refractivity contribution in [2.24, 2.45) is 5.73 Å². The fourth-order valence-corrected chi connectivity index (χ4v) is 2.40. The highest BCUT2D eigenvalue weighted by molar-refractivity contribution is 9.10. The third-order valence-electron chi connectivity index (χ3n) is 3.14. The molecule has 2 rings (SSSR count). The van der Waals surface area contributed by atoms with Crippen LogP contribution in [0.4, 0.5) is 0 Å². The zero-order valence-corrected chi connectivity index (χ0v) is 14.6. The van der Waals surface area contributed by atoms with Crippen molar-refractivity contribution in [3.8, 4) is 11.5 Å². The van der Waals surface area contributed by atoms with Gasteiger partial charge in [0.25, 0.3) is 5.91 Å². The lowest BCUT2D eigenvalue weighted by Crippen LogP contribution is -2.20. The molecule has 24 heavy (non-hydrogen) atoms. The fourth-order valence-electron chi connectivity index (χ4n) is 1.98. The second-order valence-electron chi connectivity index (χ2n) is 4.84. The minimum atomic E-state index is -0.578. The van der Waals surface area contributed by atoms with Crippen LogP contribution >= 0.6 is 15.9 Å². The Bertz CT molecular complexity index is 786. The van der Waals surface area contributed by atoms with Crippen LogP contribution in [0.1, 0.15) is 15.9 Å². The van der Waals surface area contributed by atoms with Gasteiger partial charge in [-0.3, -0.25) is 9.59 Å². The van der Waals surface area contributed by atoms with Crippen molar-refractivity contribution in [3.05, 3.63) is 64.1 Å². The number of halogens is 1. The number of carbonyl (C=O) groups is 2. The highest BCUT2D eigenvalue weighted by Gasteiger charge is 2.11. The molecular weight excluding hydrogens is 374 g/mol. The molecule has 0 unspecified atom stereocenters. The average molecular weight is 390 g/mol. The number of primary amides is 1. The van der Waals surface area contributed by atoms with Crippen molar-refractivity contribution in [1.29, 1.82) is 0 Å². The molecule has 0 atom stereocenters. The molecule has 0 fully saturated rings. The molecule has 0 radical (unpaired) electrons. The number of ketones is 1. The lowest BCUT2D eigenvalue weighted by molar-refractivity contribution is -0.119. The number of amides is 1. The number of ether oxygens (including phenoxy) is 2. The Morgan fingerprint density at radius 3 is 2.62 bits per heavy atom. The molecule has 0 saturated heterocycles. The summed E-state index contributed by atoms with van der Waals surface area (Å²) in [5.74, 6) is -0.0229. The van der Waals surface area contributed by atoms with Gasteiger partial charge in [-0.1, -0.05) is 34.1 Å². The van der Waals surface area contributed by atoms with Gasteiger partial charge in [0.05, 0.1) is 12.7 Å². The van der Waals surface area contributed by atoms with E-state index >= 15 is 0 Å². The van der Waals surface area contributed by atoms with Gasteiger partial charge < -0.3 is 15.2 Å². The van der Waals surface area contributed by atoms with Gasteiger partial charge in [-0.05, 0) is 35.9 Å². The SMILES string of the molecule is COc1cc(OCC(N)=O)ccc1C(=O)/C=C/c1ccccc1Br. The summed E-state index contributed by atoms with van der Waals surface area (Å²) in [6.45, 7) is -0.238. The maximum absolute atomic E-state index is 12.4. The van der Waals surface area contributed by atoms with E-state index in [0.717, 1.165) is 10.0 Å². The standard InChI is InChI=1S/C18H16BrNO4/c1-23-17-10-13(24-11-18(20)22)7-8-14(17)16(21)9-6-12-4-2-3-5-15(12)19/h2-10H,11H2,1H3,(H2,20,22)/b9-6+. The number of benzene rings is 2. The lowest BCUT2D eigenvalue weighted by atomic mass is 10.1. The fraction of sp³-hybridized carbons (Fsp3) is 0.111. The number of hydrogen-bond donors (Lipinski definition) is 1. The second kappa shape index (κ2) is 8.31. The van der Waals surface area contributed by atoms with Gasteiger partial charge in [-0.2, -0.15) is 0 Å². The van der Waals surface area contributed by atoms with Crippen molar-refractivity contribution in [2.45, 2.75) is 0 Å². The van der Waals surface area contributed by atoms with Crippen LogP contribution in [-0.2, 0) is 4.79 Å². The van der Waals surface area contributed by atoms with Crippen LogP contribution in [0.5, 0.6) is 11.5 Å². The van der Waals surface area contributed by atoms with Gasteiger partial charge in [0, 0.05) is 10.5 Å². The van der Waals surface area contributed by atoms with Crippen molar-refractivity contribution < 1.29 is 19.1 Å². The lowest BCUT2D eigenvalue weighted by Gasteiger charge is -2.09. The molecule has 2 N–H and O–H groups in total. The van der Waals surface area contributed by atoms with E-state index in [4.69, 9.17) is 15.2 Å². The minimum absolute atomic E-state index is 0.205. The summed E-state index contributed by atoms with van der Waals surface area (Å²) in [5, 5.41) is 0. The van der Waals surface area contributed by atoms with Gasteiger partial charge >= 0.3 is 0 Å². The molecule has 0 aromatic heterocycles. The Morgan fingerprint density at radius 1 is 1.21 bits per heavy atom. The van der Waals surface area contributed by atoms with Crippen molar-refractivity contribution >= 4 is 33.7 Å². The quantitative estimate of drug-likeness (QED) is 0.582. The maximum Gasteiger partial charge on any atom is 0.255 e. The second-order valence-corrected chi connectivity index (χ2v) is 5.69. The van der Waals surface area contributed by atoms with E-state index in [1.165, 1.54) is 13.2 Å². The molecule has 2 aromatic rings. The zero-order valence-electron chi connectivity index (χ0n) is 13.0. The summed E-state index contributed by atoms with van der Waals surface area (Å²) in [4.78, 5) is 23.1. The Hall–Kier alpha value is -2.60. The molecular formula is C18H16BrNO4. The Balaban J connectivity index is 2.19. The number of nitrogens with two attached hydrogens (primary N) is 1. The van der Waals surface area contributed by atoms with E-state index in [1.54, 1.807) is 24.3 Å². The molecule has 0 spiro atoms. The monoisotopic (exact) mass is 389 g/mol. The summed E-state index contributed by atoms with van der Waals surface area (Å²) < 4.78 is 11.3. The largest absolute Gasteiger partial charge is 0.496 e. The van der Waals surface area contributed by atoms with Crippen LogP contribution < -0.4 is 15.2 Å². The first-order valence-corrected chi connectivity index (χ1v) is 7.86. The normalized spacial score (nSPS) is 10.6. The van der Waals surface area contributed by atoms with E-state index < -0.39 is 5.91 Å². The van der Waals surface area contributed by atoms with Crippen molar-refractivity contribution in [2.75, 3.05) is 13.7 Å². The topological polar surface area (TPSA) is 78.6 Å². The molecule has 1 amide bonds. The molecule has 0 aliphatic carbocycles. The van der Waals surface area contributed by atoms with Crippen LogP contribution in [0.25, 0.3) is 6.08 Å². The van der Waals surface area contributed by atoms with E-state index in [-0.39, 0.29) is 12.4 Å². The van der Waals surface area contributed by atoms with Gasteiger partial charge in [0.2, 0.25) is 0 Å². The summed E-state index contributed by atoms with van der Waals surface area (Å²) in [6, 6.07) is 12.3. The summed E-state index contributed by atoms with van der Waals surface area (Å²) in [6.07, 6.45) is 3.20. The smallest absolute Gasteiger partial charge is 0.255 e. The third-order valence-corrected chi connectivity index (χ3v) is 3.86. The van der Waals surface area contributed by atoms with E-state index in [1.807, 2.05) is 24.3 Å². The third kappa shape index (κ3) is 4.70. The van der Waals surface area contributed by atoms with Crippen LogP contribution in [0.3, 0.4) is 0 Å². The molecule has 0 aliphatic heterocycles. The van der Waals surface area contributed by atoms with Gasteiger partial charge in [-0.25, -0.2) is 0 Å². The molecule has 2 aromatic carbocycles. The molecule has 6 heteroatoms. The van der Waals surface area contributed by atoms with Crippen LogP contribution in [0, 0.1) is 0 Å².